The maximum atomic E-state index is 6.16. The summed E-state index contributed by atoms with van der Waals surface area (Å²) in [4.78, 5) is 9.48. The van der Waals surface area contributed by atoms with Crippen LogP contribution in [0.4, 0.5) is 0 Å². The number of aliphatic imine (C=N–C) groups is 1. The maximum Gasteiger partial charge on any atom is 0.191 e. The Morgan fingerprint density at radius 1 is 1.15 bits per heavy atom. The standard InChI is InChI=1S/C16H32N4/c1-13-6-9-19(10-7-13)16(17)18-11-15(3)20-8-4-5-14(2)12-20/h13-15H,4-12H2,1-3H3,(H2,17,18). The van der Waals surface area contributed by atoms with Crippen molar-refractivity contribution in [2.45, 2.75) is 52.5 Å². The molecular weight excluding hydrogens is 248 g/mol. The molecule has 0 spiro atoms. The molecule has 2 saturated heterocycles. The molecule has 0 radical (unpaired) electrons. The highest BCUT2D eigenvalue weighted by atomic mass is 15.3. The van der Waals surface area contributed by atoms with Gasteiger partial charge in [-0.25, -0.2) is 0 Å². The van der Waals surface area contributed by atoms with Gasteiger partial charge in [-0.2, -0.15) is 0 Å². The largest absolute Gasteiger partial charge is 0.370 e. The van der Waals surface area contributed by atoms with Crippen molar-refractivity contribution in [1.29, 1.82) is 0 Å². The zero-order valence-electron chi connectivity index (χ0n) is 13.5. The van der Waals surface area contributed by atoms with Crippen molar-refractivity contribution >= 4 is 5.96 Å². The van der Waals surface area contributed by atoms with Gasteiger partial charge in [0.2, 0.25) is 0 Å². The van der Waals surface area contributed by atoms with Crippen molar-refractivity contribution in [3.05, 3.63) is 0 Å². The Hall–Kier alpha value is -0.770. The number of hydrogen-bond acceptors (Lipinski definition) is 2. The van der Waals surface area contributed by atoms with Crippen LogP contribution in [0, 0.1) is 11.8 Å². The minimum Gasteiger partial charge on any atom is -0.370 e. The first-order valence-corrected chi connectivity index (χ1v) is 8.35. The van der Waals surface area contributed by atoms with Gasteiger partial charge in [-0.3, -0.25) is 9.89 Å². The first-order chi connectivity index (χ1) is 9.56. The lowest BCUT2D eigenvalue weighted by Crippen LogP contribution is -2.45. The number of likely N-dealkylation sites (tertiary alicyclic amines) is 2. The zero-order chi connectivity index (χ0) is 14.5. The quantitative estimate of drug-likeness (QED) is 0.636. The molecule has 2 aliphatic rings. The number of guanidine groups is 1. The van der Waals surface area contributed by atoms with Gasteiger partial charge in [0.25, 0.3) is 0 Å². The third-order valence-corrected chi connectivity index (χ3v) is 4.94. The summed E-state index contributed by atoms with van der Waals surface area (Å²) in [7, 11) is 0. The summed E-state index contributed by atoms with van der Waals surface area (Å²) < 4.78 is 0. The van der Waals surface area contributed by atoms with E-state index in [2.05, 4.69) is 35.6 Å². The summed E-state index contributed by atoms with van der Waals surface area (Å²) in [6.45, 7) is 12.4. The van der Waals surface area contributed by atoms with Crippen LogP contribution in [0.1, 0.15) is 46.5 Å². The predicted molar refractivity (Wildman–Crippen MR) is 85.9 cm³/mol. The average molecular weight is 280 g/mol. The van der Waals surface area contributed by atoms with Crippen molar-refractivity contribution in [1.82, 2.24) is 9.80 Å². The minimum absolute atomic E-state index is 0.514. The Kier molecular flexibility index (Phi) is 5.70. The highest BCUT2D eigenvalue weighted by Crippen LogP contribution is 2.18. The Balaban J connectivity index is 1.78. The molecular formula is C16H32N4. The molecule has 2 fully saturated rings. The van der Waals surface area contributed by atoms with Gasteiger partial charge in [-0.05, 0) is 51.0 Å². The lowest BCUT2D eigenvalue weighted by Gasteiger charge is -2.35. The van der Waals surface area contributed by atoms with Crippen molar-refractivity contribution in [3.63, 3.8) is 0 Å². The second-order valence-corrected chi connectivity index (χ2v) is 6.96. The number of nitrogens with two attached hydrogens (primary N) is 1. The fourth-order valence-corrected chi connectivity index (χ4v) is 3.30. The molecule has 4 heteroatoms. The SMILES string of the molecule is CC1CCN(C(N)=NCC(C)N2CCCC(C)C2)CC1. The topological polar surface area (TPSA) is 44.9 Å². The second-order valence-electron chi connectivity index (χ2n) is 6.96. The van der Waals surface area contributed by atoms with Gasteiger partial charge in [0.15, 0.2) is 5.96 Å². The molecule has 2 heterocycles. The summed E-state index contributed by atoms with van der Waals surface area (Å²) in [6, 6.07) is 0.514. The van der Waals surface area contributed by atoms with E-state index in [4.69, 9.17) is 5.73 Å². The molecule has 4 nitrogen and oxygen atoms in total. The van der Waals surface area contributed by atoms with Gasteiger partial charge in [0, 0.05) is 25.7 Å². The van der Waals surface area contributed by atoms with E-state index in [1.165, 1.54) is 38.8 Å². The fraction of sp³-hybridized carbons (Fsp3) is 0.938. The molecule has 0 aliphatic carbocycles. The van der Waals surface area contributed by atoms with Gasteiger partial charge in [-0.1, -0.05) is 13.8 Å². The smallest absolute Gasteiger partial charge is 0.191 e. The van der Waals surface area contributed by atoms with Crippen LogP contribution in [0.2, 0.25) is 0 Å². The Labute approximate surface area is 124 Å². The Bertz CT molecular complexity index is 320. The molecule has 2 rings (SSSR count). The predicted octanol–water partition coefficient (Wildman–Crippen LogP) is 2.15. The van der Waals surface area contributed by atoms with Gasteiger partial charge >= 0.3 is 0 Å². The van der Waals surface area contributed by atoms with E-state index >= 15 is 0 Å². The van der Waals surface area contributed by atoms with E-state index in [-0.39, 0.29) is 0 Å². The molecule has 0 aromatic rings. The van der Waals surface area contributed by atoms with Crippen LogP contribution in [0.5, 0.6) is 0 Å². The van der Waals surface area contributed by atoms with Crippen LogP contribution in [0.3, 0.4) is 0 Å². The summed E-state index contributed by atoms with van der Waals surface area (Å²) in [5.41, 5.74) is 6.16. The van der Waals surface area contributed by atoms with Crippen molar-refractivity contribution < 1.29 is 0 Å². The monoisotopic (exact) mass is 280 g/mol. The first-order valence-electron chi connectivity index (χ1n) is 8.35. The summed E-state index contributed by atoms with van der Waals surface area (Å²) in [6.07, 6.45) is 5.19. The average Bonchev–Trinajstić information content (AvgIpc) is 2.45. The number of rotatable bonds is 3. The van der Waals surface area contributed by atoms with Gasteiger partial charge in [0.1, 0.15) is 0 Å². The molecule has 2 N–H and O–H groups in total. The Morgan fingerprint density at radius 3 is 2.50 bits per heavy atom. The van der Waals surface area contributed by atoms with E-state index in [0.29, 0.717) is 6.04 Å². The van der Waals surface area contributed by atoms with Crippen LogP contribution in [-0.4, -0.2) is 54.5 Å². The molecule has 0 aromatic carbocycles. The third-order valence-electron chi connectivity index (χ3n) is 4.94. The van der Waals surface area contributed by atoms with Gasteiger partial charge < -0.3 is 10.6 Å². The van der Waals surface area contributed by atoms with Crippen LogP contribution in [0.15, 0.2) is 4.99 Å². The summed E-state index contributed by atoms with van der Waals surface area (Å²) in [5.74, 6) is 2.43. The molecule has 2 aliphatic heterocycles. The minimum atomic E-state index is 0.514. The first kappa shape index (κ1) is 15.6. The van der Waals surface area contributed by atoms with Crippen LogP contribution in [-0.2, 0) is 0 Å². The van der Waals surface area contributed by atoms with Crippen LogP contribution < -0.4 is 5.73 Å². The van der Waals surface area contributed by atoms with E-state index in [1.807, 2.05) is 0 Å². The van der Waals surface area contributed by atoms with E-state index in [9.17, 15) is 0 Å². The van der Waals surface area contributed by atoms with Crippen molar-refractivity contribution in [3.8, 4) is 0 Å². The van der Waals surface area contributed by atoms with Crippen LogP contribution in [0.25, 0.3) is 0 Å². The number of piperidine rings is 2. The zero-order valence-corrected chi connectivity index (χ0v) is 13.5. The molecule has 0 bridgehead atoms. The Morgan fingerprint density at radius 2 is 1.85 bits per heavy atom. The lowest BCUT2D eigenvalue weighted by molar-refractivity contribution is 0.142. The van der Waals surface area contributed by atoms with Crippen molar-refractivity contribution in [2.75, 3.05) is 32.7 Å². The fourth-order valence-electron chi connectivity index (χ4n) is 3.30. The molecule has 0 saturated carbocycles. The van der Waals surface area contributed by atoms with Crippen LogP contribution >= 0.6 is 0 Å². The molecule has 20 heavy (non-hydrogen) atoms. The van der Waals surface area contributed by atoms with Gasteiger partial charge in [0.05, 0.1) is 6.54 Å². The van der Waals surface area contributed by atoms with Crippen molar-refractivity contribution in [2.24, 2.45) is 22.6 Å². The molecule has 116 valence electrons. The lowest BCUT2D eigenvalue weighted by atomic mass is 9.99. The number of hydrogen-bond donors (Lipinski definition) is 1. The normalized spacial score (nSPS) is 28.6. The maximum absolute atomic E-state index is 6.16. The second kappa shape index (κ2) is 7.30. The summed E-state index contributed by atoms with van der Waals surface area (Å²) >= 11 is 0. The third kappa shape index (κ3) is 4.37. The van der Waals surface area contributed by atoms with E-state index < -0.39 is 0 Å². The molecule has 0 amide bonds. The summed E-state index contributed by atoms with van der Waals surface area (Å²) in [5, 5.41) is 0. The molecule has 2 atom stereocenters. The highest BCUT2D eigenvalue weighted by molar-refractivity contribution is 5.78. The molecule has 0 aromatic heterocycles. The molecule has 2 unspecified atom stereocenters. The highest BCUT2D eigenvalue weighted by Gasteiger charge is 2.21. The number of nitrogens with zero attached hydrogens (tertiary/aromatic N) is 3. The van der Waals surface area contributed by atoms with E-state index in [1.54, 1.807) is 0 Å². The van der Waals surface area contributed by atoms with Gasteiger partial charge in [-0.15, -0.1) is 0 Å². The van der Waals surface area contributed by atoms with E-state index in [0.717, 1.165) is 37.4 Å².